The molecule has 1 aliphatic heterocycles. The van der Waals surface area contributed by atoms with Crippen molar-refractivity contribution in [3.8, 4) is 17.2 Å². The van der Waals surface area contributed by atoms with Crippen molar-refractivity contribution in [2.75, 3.05) is 16.8 Å². The number of hydrogen-bond acceptors (Lipinski definition) is 5. The summed E-state index contributed by atoms with van der Waals surface area (Å²) in [4.78, 5) is 37.1. The predicted octanol–water partition coefficient (Wildman–Crippen LogP) is 5.42. The summed E-state index contributed by atoms with van der Waals surface area (Å²) in [6, 6.07) is 12.6. The molecule has 3 aromatic carbocycles. The van der Waals surface area contributed by atoms with Crippen LogP contribution < -0.4 is 15.0 Å². The van der Waals surface area contributed by atoms with Crippen LogP contribution in [0.3, 0.4) is 0 Å². The Balaban J connectivity index is 1.61. The second-order valence-electron chi connectivity index (χ2n) is 8.00. The molecule has 0 saturated heterocycles. The number of aryl methyl sites for hydroxylation is 2. The zero-order chi connectivity index (χ0) is 25.3. The Hall–Kier alpha value is -3.75. The number of amides is 2. The summed E-state index contributed by atoms with van der Waals surface area (Å²) in [5.74, 6) is -3.26. The molecule has 0 saturated carbocycles. The molecule has 0 spiro atoms. The summed E-state index contributed by atoms with van der Waals surface area (Å²) in [7, 11) is 0. The monoisotopic (exact) mass is 514 g/mol. The first kappa shape index (κ1) is 24.4. The molecular formula is C25H20Cl2N2O6. The van der Waals surface area contributed by atoms with E-state index in [0.29, 0.717) is 6.54 Å². The van der Waals surface area contributed by atoms with Crippen molar-refractivity contribution in [2.24, 2.45) is 0 Å². The number of halogens is 2. The van der Waals surface area contributed by atoms with Crippen molar-refractivity contribution in [1.29, 1.82) is 0 Å². The van der Waals surface area contributed by atoms with Crippen molar-refractivity contribution >= 4 is 52.4 Å². The minimum atomic E-state index is -1.66. The molecule has 1 heterocycles. The highest BCUT2D eigenvalue weighted by molar-refractivity contribution is 6.39. The number of hydrogen-bond donors (Lipinski definition) is 3. The van der Waals surface area contributed by atoms with Crippen LogP contribution in [-0.4, -0.2) is 34.5 Å². The third-order valence-corrected chi connectivity index (χ3v) is 6.03. The van der Waals surface area contributed by atoms with E-state index in [2.05, 4.69) is 11.4 Å². The number of nitrogens with zero attached hydrogens (tertiary/aromatic N) is 1. The van der Waals surface area contributed by atoms with E-state index in [-0.39, 0.29) is 44.5 Å². The zero-order valence-electron chi connectivity index (χ0n) is 18.5. The summed E-state index contributed by atoms with van der Waals surface area (Å²) < 4.78 is 5.79. The highest BCUT2D eigenvalue weighted by Gasteiger charge is 2.26. The second-order valence-corrected chi connectivity index (χ2v) is 8.82. The zero-order valence-corrected chi connectivity index (χ0v) is 20.0. The minimum absolute atomic E-state index is 0.000493. The number of ether oxygens (including phenoxy) is 1. The lowest BCUT2D eigenvalue weighted by atomic mass is 9.98. The number of carbonyl (C=O) groups excluding carboxylic acids is 2. The molecule has 0 atom stereocenters. The number of fused-ring (bicyclic) bond motifs is 1. The number of phenolic OH excluding ortho intramolecular Hbond substituents is 1. The molecule has 10 heteroatoms. The fourth-order valence-electron chi connectivity index (χ4n) is 3.86. The predicted molar refractivity (Wildman–Crippen MR) is 132 cm³/mol. The quantitative estimate of drug-likeness (QED) is 0.400. The van der Waals surface area contributed by atoms with Gasteiger partial charge in [0.05, 0.1) is 15.6 Å². The Morgan fingerprint density at radius 1 is 1.03 bits per heavy atom. The van der Waals surface area contributed by atoms with Gasteiger partial charge in [-0.25, -0.2) is 4.79 Å². The van der Waals surface area contributed by atoms with Gasteiger partial charge in [-0.3, -0.25) is 9.59 Å². The van der Waals surface area contributed by atoms with Crippen LogP contribution in [0.15, 0.2) is 48.5 Å². The lowest BCUT2D eigenvalue weighted by Crippen LogP contribution is -2.35. The van der Waals surface area contributed by atoms with Gasteiger partial charge in [0.25, 0.3) is 5.91 Å². The van der Waals surface area contributed by atoms with Crippen molar-refractivity contribution < 1.29 is 29.3 Å². The third kappa shape index (κ3) is 5.18. The first-order valence-electron chi connectivity index (χ1n) is 10.6. The number of benzene rings is 3. The largest absolute Gasteiger partial charge is 0.507 e. The number of phenols is 1. The molecule has 0 fully saturated rings. The van der Waals surface area contributed by atoms with Crippen molar-refractivity contribution in [2.45, 2.75) is 19.8 Å². The minimum Gasteiger partial charge on any atom is -0.507 e. The van der Waals surface area contributed by atoms with Gasteiger partial charge in [-0.2, -0.15) is 0 Å². The molecule has 3 aromatic rings. The maximum atomic E-state index is 13.4. The first-order chi connectivity index (χ1) is 16.6. The van der Waals surface area contributed by atoms with Gasteiger partial charge in [0.2, 0.25) is 0 Å². The van der Waals surface area contributed by atoms with E-state index >= 15 is 0 Å². The van der Waals surface area contributed by atoms with Gasteiger partial charge in [0.1, 0.15) is 11.5 Å². The Labute approximate surface area is 210 Å². The van der Waals surface area contributed by atoms with E-state index < -0.39 is 11.9 Å². The van der Waals surface area contributed by atoms with Crippen molar-refractivity contribution in [1.82, 2.24) is 0 Å². The molecule has 3 N–H and O–H groups in total. The number of aromatic hydroxyl groups is 1. The smallest absolute Gasteiger partial charge is 0.394 e. The lowest BCUT2D eigenvalue weighted by molar-refractivity contribution is -0.147. The van der Waals surface area contributed by atoms with Crippen molar-refractivity contribution in [3.05, 3.63) is 75.3 Å². The van der Waals surface area contributed by atoms with Crippen LogP contribution in [0.25, 0.3) is 0 Å². The molecule has 35 heavy (non-hydrogen) atoms. The van der Waals surface area contributed by atoms with E-state index in [1.807, 2.05) is 19.1 Å². The molecule has 2 amide bonds. The van der Waals surface area contributed by atoms with Gasteiger partial charge < -0.3 is 25.2 Å². The van der Waals surface area contributed by atoms with Crippen LogP contribution >= 0.6 is 23.2 Å². The van der Waals surface area contributed by atoms with Gasteiger partial charge in [-0.05, 0) is 61.7 Å². The Morgan fingerprint density at radius 2 is 1.74 bits per heavy atom. The van der Waals surface area contributed by atoms with Gasteiger partial charge in [-0.15, -0.1) is 0 Å². The molecule has 0 bridgehead atoms. The Bertz CT molecular complexity index is 1330. The summed E-state index contributed by atoms with van der Waals surface area (Å²) >= 11 is 12.5. The van der Waals surface area contributed by atoms with Gasteiger partial charge >= 0.3 is 11.9 Å². The van der Waals surface area contributed by atoms with Crippen LogP contribution in [0.5, 0.6) is 17.2 Å². The highest BCUT2D eigenvalue weighted by Crippen LogP contribution is 2.40. The molecule has 4 rings (SSSR count). The Kier molecular flexibility index (Phi) is 6.86. The van der Waals surface area contributed by atoms with Crippen LogP contribution in [0, 0.1) is 6.92 Å². The fourth-order valence-corrected chi connectivity index (χ4v) is 4.43. The van der Waals surface area contributed by atoms with Crippen LogP contribution in [0.1, 0.15) is 27.9 Å². The van der Waals surface area contributed by atoms with Gasteiger partial charge in [0.15, 0.2) is 5.75 Å². The number of carboxylic acids is 1. The topological polar surface area (TPSA) is 116 Å². The first-order valence-corrected chi connectivity index (χ1v) is 11.3. The number of carboxylic acid groups (broad SMARTS) is 1. The van der Waals surface area contributed by atoms with Crippen LogP contribution in [-0.2, 0) is 16.0 Å². The van der Waals surface area contributed by atoms with E-state index in [4.69, 9.17) is 33.0 Å². The SMILES string of the molecule is Cc1ccc2c(c1)CCCN2C(=O)c1cc(Oc2c(Cl)cc(NC(=O)C(=O)O)cc2Cl)ccc1O. The van der Waals surface area contributed by atoms with E-state index in [9.17, 15) is 19.5 Å². The molecule has 180 valence electrons. The molecular weight excluding hydrogens is 495 g/mol. The molecule has 0 unspecified atom stereocenters. The lowest BCUT2D eigenvalue weighted by Gasteiger charge is -2.30. The van der Waals surface area contributed by atoms with Crippen LogP contribution in [0.2, 0.25) is 10.0 Å². The van der Waals surface area contributed by atoms with E-state index in [1.165, 1.54) is 30.3 Å². The molecule has 1 aliphatic rings. The Morgan fingerprint density at radius 3 is 2.43 bits per heavy atom. The number of rotatable bonds is 4. The maximum absolute atomic E-state index is 13.4. The standard InChI is InChI=1S/C25H20Cl2N2O6/c1-13-4-6-20-14(9-13)3-2-8-29(20)24(32)17-12-16(5-7-21(17)30)35-22-18(26)10-15(11-19(22)27)28-23(31)25(33)34/h4-7,9-12,30H,2-3,8H2,1H3,(H,28,31)(H,33,34). The molecule has 8 nitrogen and oxygen atoms in total. The normalized spacial score (nSPS) is 12.6. The van der Waals surface area contributed by atoms with Gasteiger partial charge in [-0.1, -0.05) is 40.9 Å². The third-order valence-electron chi connectivity index (χ3n) is 5.47. The highest BCUT2D eigenvalue weighted by atomic mass is 35.5. The average Bonchev–Trinajstić information content (AvgIpc) is 2.81. The maximum Gasteiger partial charge on any atom is 0.394 e. The number of nitrogens with one attached hydrogen (secondary N) is 1. The van der Waals surface area contributed by atoms with Crippen LogP contribution in [0.4, 0.5) is 11.4 Å². The number of anilines is 2. The molecule has 0 aromatic heterocycles. The second kappa shape index (κ2) is 9.85. The fraction of sp³-hybridized carbons (Fsp3) is 0.160. The van der Waals surface area contributed by atoms with Gasteiger partial charge in [0, 0.05) is 17.9 Å². The summed E-state index contributed by atoms with van der Waals surface area (Å²) in [6.45, 7) is 2.51. The number of aliphatic carboxylic acids is 1. The summed E-state index contributed by atoms with van der Waals surface area (Å²) in [5, 5.41) is 21.3. The molecule has 0 radical (unpaired) electrons. The summed E-state index contributed by atoms with van der Waals surface area (Å²) in [6.07, 6.45) is 1.67. The van der Waals surface area contributed by atoms with E-state index in [1.54, 1.807) is 4.90 Å². The number of carbonyl (C=O) groups is 3. The average molecular weight is 515 g/mol. The molecule has 0 aliphatic carbocycles. The van der Waals surface area contributed by atoms with E-state index in [0.717, 1.165) is 29.7 Å². The van der Waals surface area contributed by atoms with Crippen molar-refractivity contribution in [3.63, 3.8) is 0 Å². The summed E-state index contributed by atoms with van der Waals surface area (Å²) in [5.41, 5.74) is 3.11.